The molecule has 0 radical (unpaired) electrons. The molecule has 1 N–H and O–H groups in total. The number of hydrogen-bond acceptors (Lipinski definition) is 9. The predicted octanol–water partition coefficient (Wildman–Crippen LogP) is 13.9. The summed E-state index contributed by atoms with van der Waals surface area (Å²) < 4.78 is 22.0. The summed E-state index contributed by atoms with van der Waals surface area (Å²) in [6, 6.07) is 0. The van der Waals surface area contributed by atoms with Crippen LogP contribution in [0.3, 0.4) is 0 Å². The number of carbonyl (C=O) groups excluding carboxylic acids is 4. The van der Waals surface area contributed by atoms with Gasteiger partial charge in [0, 0.05) is 12.8 Å². The lowest BCUT2D eigenvalue weighted by Crippen LogP contribution is -2.28. The van der Waals surface area contributed by atoms with Crippen molar-refractivity contribution < 1.29 is 43.2 Å². The molecule has 0 fully saturated rings. The third kappa shape index (κ3) is 37.6. The first-order valence-electron chi connectivity index (χ1n) is 25.6. The molecule has 9 nitrogen and oxygen atoms in total. The second-order valence-corrected chi connectivity index (χ2v) is 17.6. The zero-order chi connectivity index (χ0) is 44.2. The van der Waals surface area contributed by atoms with Crippen molar-refractivity contribution in [2.45, 2.75) is 265 Å². The van der Waals surface area contributed by atoms with Crippen LogP contribution < -0.4 is 0 Å². The van der Waals surface area contributed by atoms with Gasteiger partial charge in [-0.1, -0.05) is 182 Å². The molecule has 0 aromatic rings. The maximum Gasteiger partial charge on any atom is 0.308 e. The van der Waals surface area contributed by atoms with Crippen LogP contribution in [0.1, 0.15) is 259 Å². The molecule has 1 atom stereocenters. The van der Waals surface area contributed by atoms with Gasteiger partial charge < -0.3 is 24.1 Å². The van der Waals surface area contributed by atoms with Crippen LogP contribution in [-0.2, 0) is 38.1 Å². The van der Waals surface area contributed by atoms with Crippen molar-refractivity contribution in [3.8, 4) is 0 Å². The minimum absolute atomic E-state index is 0.0145. The zero-order valence-electron chi connectivity index (χ0n) is 39.7. The number of aliphatic hydroxyl groups is 1. The van der Waals surface area contributed by atoms with Crippen molar-refractivity contribution in [3.05, 3.63) is 0 Å². The summed E-state index contributed by atoms with van der Waals surface area (Å²) in [5, 5.41) is 9.71. The molecule has 60 heavy (non-hydrogen) atoms. The van der Waals surface area contributed by atoms with Gasteiger partial charge in [0.05, 0.1) is 31.7 Å². The van der Waals surface area contributed by atoms with Crippen molar-refractivity contribution in [2.24, 2.45) is 11.8 Å². The fourth-order valence-electron chi connectivity index (χ4n) is 7.75. The van der Waals surface area contributed by atoms with Crippen LogP contribution in [-0.4, -0.2) is 61.5 Å². The average molecular weight is 853 g/mol. The maximum absolute atomic E-state index is 13.0. The van der Waals surface area contributed by atoms with Crippen molar-refractivity contribution in [1.29, 1.82) is 0 Å². The molecule has 0 aromatic heterocycles. The van der Waals surface area contributed by atoms with Crippen LogP contribution in [0.2, 0.25) is 0 Å². The van der Waals surface area contributed by atoms with Gasteiger partial charge in [0.15, 0.2) is 6.10 Å². The highest BCUT2D eigenvalue weighted by Crippen LogP contribution is 2.23. The Morgan fingerprint density at radius 1 is 0.383 bits per heavy atom. The van der Waals surface area contributed by atoms with Gasteiger partial charge in [-0.25, -0.2) is 0 Å². The summed E-state index contributed by atoms with van der Waals surface area (Å²) in [6.07, 6.45) is 36.3. The first-order chi connectivity index (χ1) is 29.3. The maximum atomic E-state index is 13.0. The number of hydrogen-bond donors (Lipinski definition) is 1. The first-order valence-corrected chi connectivity index (χ1v) is 25.6. The molecule has 0 saturated heterocycles. The van der Waals surface area contributed by atoms with Gasteiger partial charge in [-0.2, -0.15) is 0 Å². The number of aliphatic hydroxyl groups excluding tert-OH is 1. The molecule has 0 aliphatic rings. The Balaban J connectivity index is 4.30. The molecule has 0 aromatic carbocycles. The van der Waals surface area contributed by atoms with Gasteiger partial charge in [-0.05, 0) is 64.2 Å². The average Bonchev–Trinajstić information content (AvgIpc) is 3.24. The molecule has 0 rings (SSSR count). The van der Waals surface area contributed by atoms with Crippen LogP contribution >= 0.6 is 0 Å². The highest BCUT2D eigenvalue weighted by molar-refractivity contribution is 5.73. The summed E-state index contributed by atoms with van der Waals surface area (Å²) in [5.74, 6) is -1.03. The number of carbonyl (C=O) groups is 4. The summed E-state index contributed by atoms with van der Waals surface area (Å²) in [4.78, 5) is 50.7. The van der Waals surface area contributed by atoms with E-state index in [4.69, 9.17) is 18.9 Å². The summed E-state index contributed by atoms with van der Waals surface area (Å²) >= 11 is 0. The van der Waals surface area contributed by atoms with Crippen molar-refractivity contribution in [1.82, 2.24) is 0 Å². The molecule has 354 valence electrons. The fraction of sp³-hybridized carbons (Fsp3) is 0.922. The van der Waals surface area contributed by atoms with E-state index < -0.39 is 24.6 Å². The van der Waals surface area contributed by atoms with Gasteiger partial charge in [-0.15, -0.1) is 0 Å². The quantitative estimate of drug-likeness (QED) is 0.0362. The highest BCUT2D eigenvalue weighted by atomic mass is 16.6. The largest absolute Gasteiger partial charge is 0.465 e. The van der Waals surface area contributed by atoms with Crippen molar-refractivity contribution in [2.75, 3.05) is 26.4 Å². The Kier molecular flexibility index (Phi) is 43.3. The number of ether oxygens (including phenoxy) is 4. The van der Waals surface area contributed by atoms with Crippen LogP contribution in [0, 0.1) is 11.8 Å². The van der Waals surface area contributed by atoms with Gasteiger partial charge in [-0.3, -0.25) is 19.2 Å². The summed E-state index contributed by atoms with van der Waals surface area (Å²) in [5.41, 5.74) is 0. The van der Waals surface area contributed by atoms with Crippen molar-refractivity contribution >= 4 is 23.9 Å². The fourth-order valence-corrected chi connectivity index (χ4v) is 7.75. The van der Waals surface area contributed by atoms with Crippen LogP contribution in [0.5, 0.6) is 0 Å². The Hall–Kier alpha value is -2.16. The molecule has 0 spiro atoms. The molecule has 0 bridgehead atoms. The lowest BCUT2D eigenvalue weighted by atomic mass is 9.94. The topological polar surface area (TPSA) is 125 Å². The SMILES string of the molecule is CCCCCCCCC(CCCCCCCC)C(=O)OCCCCCC(=O)OC[C@@H](CO)OC(=O)CCCCCOC(=O)C(CCCCCCCC)CCCCCCCC. The van der Waals surface area contributed by atoms with Gasteiger partial charge in [0.25, 0.3) is 0 Å². The lowest BCUT2D eigenvalue weighted by Gasteiger charge is -2.17. The Labute approximate surface area is 369 Å². The van der Waals surface area contributed by atoms with E-state index >= 15 is 0 Å². The number of rotatable bonds is 46. The number of unbranched alkanes of at least 4 members (excludes halogenated alkanes) is 24. The minimum Gasteiger partial charge on any atom is -0.465 e. The minimum atomic E-state index is -0.905. The van der Waals surface area contributed by atoms with E-state index in [0.29, 0.717) is 38.9 Å². The Bertz CT molecular complexity index is 954. The molecule has 0 aliphatic carbocycles. The second kappa shape index (κ2) is 44.9. The smallest absolute Gasteiger partial charge is 0.308 e. The monoisotopic (exact) mass is 853 g/mol. The molecule has 0 aliphatic heterocycles. The Morgan fingerprint density at radius 3 is 1.05 bits per heavy atom. The first kappa shape index (κ1) is 57.8. The predicted molar refractivity (Wildman–Crippen MR) is 246 cm³/mol. The van der Waals surface area contributed by atoms with E-state index in [2.05, 4.69) is 27.7 Å². The van der Waals surface area contributed by atoms with E-state index in [9.17, 15) is 24.3 Å². The van der Waals surface area contributed by atoms with E-state index in [0.717, 1.165) is 64.2 Å². The molecular weight excluding hydrogens is 757 g/mol. The molecule has 9 heteroatoms. The standard InChI is InChI=1S/C51H96O9/c1-5-9-13-17-21-27-35-45(36-28-22-18-14-10-6-2)50(55)57-41-33-25-31-39-48(53)59-44-47(43-52)60-49(54)40-32-26-34-42-58-51(56)46(37-29-23-19-15-11-7-3)38-30-24-20-16-12-8-4/h45-47,52H,5-44H2,1-4H3/t47-/m1/s1. The molecule has 0 saturated carbocycles. The normalized spacial score (nSPS) is 11.9. The molecule has 0 unspecified atom stereocenters. The van der Waals surface area contributed by atoms with E-state index in [1.165, 1.54) is 128 Å². The molecule has 0 heterocycles. The summed E-state index contributed by atoms with van der Waals surface area (Å²) in [7, 11) is 0. The van der Waals surface area contributed by atoms with Crippen LogP contribution in [0.25, 0.3) is 0 Å². The van der Waals surface area contributed by atoms with Gasteiger partial charge >= 0.3 is 23.9 Å². The van der Waals surface area contributed by atoms with Gasteiger partial charge in [0.1, 0.15) is 6.61 Å². The molecular formula is C51H96O9. The summed E-state index contributed by atoms with van der Waals surface area (Å²) in [6.45, 7) is 9.00. The van der Waals surface area contributed by atoms with E-state index in [-0.39, 0.29) is 43.2 Å². The van der Waals surface area contributed by atoms with Gasteiger partial charge in [0.2, 0.25) is 0 Å². The van der Waals surface area contributed by atoms with Crippen LogP contribution in [0.4, 0.5) is 0 Å². The van der Waals surface area contributed by atoms with Crippen molar-refractivity contribution in [3.63, 3.8) is 0 Å². The van der Waals surface area contributed by atoms with Crippen LogP contribution in [0.15, 0.2) is 0 Å². The second-order valence-electron chi connectivity index (χ2n) is 17.6. The highest BCUT2D eigenvalue weighted by Gasteiger charge is 2.21. The van der Waals surface area contributed by atoms with E-state index in [1.807, 2.05) is 0 Å². The lowest BCUT2D eigenvalue weighted by molar-refractivity contribution is -0.161. The Morgan fingerprint density at radius 2 is 0.700 bits per heavy atom. The third-order valence-electron chi connectivity index (χ3n) is 11.8. The zero-order valence-corrected chi connectivity index (χ0v) is 39.7. The molecule has 0 amide bonds. The number of esters is 4. The van der Waals surface area contributed by atoms with E-state index in [1.54, 1.807) is 0 Å². The third-order valence-corrected chi connectivity index (χ3v) is 11.8.